The molecule has 0 aromatic heterocycles. The molecule has 2 aliphatic heterocycles. The second-order valence-corrected chi connectivity index (χ2v) is 11.4. The lowest BCUT2D eigenvalue weighted by atomic mass is 9.96. The fourth-order valence-electron chi connectivity index (χ4n) is 4.97. The molecule has 18 heteroatoms. The number of rotatable bonds is 15. The molecule has 2 rings (SSSR count). The maximum absolute atomic E-state index is 10.9. The Bertz CT molecular complexity index is 812. The van der Waals surface area contributed by atoms with E-state index in [2.05, 4.69) is 12.6 Å². The van der Waals surface area contributed by atoms with Crippen molar-refractivity contribution >= 4 is 29.2 Å². The molecule has 0 aliphatic carbocycles. The summed E-state index contributed by atoms with van der Waals surface area (Å²) in [4.78, 5) is 1.58. The van der Waals surface area contributed by atoms with Gasteiger partial charge in [0.1, 0.15) is 77.6 Å². The molecule has 14 atom stereocenters. The predicted octanol–water partition coefficient (Wildman–Crippen LogP) is -5.22. The molecule has 0 aromatic carbocycles. The number of hydrogen-bond acceptors (Lipinski definition) is 16. The molecule has 11 N–H and O–H groups in total. The minimum Gasteiger partial charge on any atom is -0.394 e. The topological polar surface area (TPSA) is 263 Å². The van der Waals surface area contributed by atoms with Gasteiger partial charge < -0.3 is 80.0 Å². The summed E-state index contributed by atoms with van der Waals surface area (Å²) >= 11 is 9.34. The third-order valence-electron chi connectivity index (χ3n) is 7.56. The predicted molar refractivity (Wildman–Crippen MR) is 149 cm³/mol. The Morgan fingerprint density at radius 2 is 1.36 bits per heavy atom. The van der Waals surface area contributed by atoms with Crippen LogP contribution in [0.25, 0.3) is 0 Å². The zero-order valence-corrected chi connectivity index (χ0v) is 25.0. The Balaban J connectivity index is 2.20. The van der Waals surface area contributed by atoms with Gasteiger partial charge in [0, 0.05) is 12.6 Å². The van der Waals surface area contributed by atoms with Gasteiger partial charge in [0.2, 0.25) is 0 Å². The van der Waals surface area contributed by atoms with Crippen LogP contribution in [-0.2, 0) is 18.9 Å². The Labute approximate surface area is 254 Å². The highest BCUT2D eigenvalue weighted by Crippen LogP contribution is 2.31. The second kappa shape index (κ2) is 17.4. The van der Waals surface area contributed by atoms with Gasteiger partial charge in [-0.05, 0) is 12.8 Å². The van der Waals surface area contributed by atoms with Crippen LogP contribution in [0.3, 0.4) is 0 Å². The van der Waals surface area contributed by atoms with E-state index in [1.54, 1.807) is 4.90 Å². The van der Waals surface area contributed by atoms with Crippen molar-refractivity contribution in [1.82, 2.24) is 4.90 Å². The van der Waals surface area contributed by atoms with Crippen LogP contribution < -0.4 is 0 Å². The van der Waals surface area contributed by atoms with E-state index in [0.717, 1.165) is 0 Å². The van der Waals surface area contributed by atoms with E-state index in [-0.39, 0.29) is 16.9 Å². The Hall–Kier alpha value is -0.360. The SMILES string of the molecule is CCC(CC)N(C[C@H](O)[C@@H](O)[C@H](O[C@H]1O[C@H](CO)[C@@H](O[C@H]2O[C@H](CO)[C@@H](O)[C@H](O)[C@H]2O)[C@H](O)[C@H]1O)[C@H](O)CO)C(=S)S. The first-order valence-electron chi connectivity index (χ1n) is 13.7. The van der Waals surface area contributed by atoms with Gasteiger partial charge >= 0.3 is 0 Å². The average molecular weight is 652 g/mol. The molecule has 248 valence electrons. The largest absolute Gasteiger partial charge is 0.394 e. The first-order chi connectivity index (χ1) is 19.8. The second-order valence-electron chi connectivity index (χ2n) is 10.3. The van der Waals surface area contributed by atoms with Crippen molar-refractivity contribution in [2.45, 2.75) is 119 Å². The molecule has 0 radical (unpaired) electrons. The molecule has 0 spiro atoms. The van der Waals surface area contributed by atoms with Crippen molar-refractivity contribution in [1.29, 1.82) is 0 Å². The molecule has 0 saturated carbocycles. The molecule has 0 aromatic rings. The molecule has 0 bridgehead atoms. The zero-order valence-electron chi connectivity index (χ0n) is 23.3. The van der Waals surface area contributed by atoms with Crippen molar-refractivity contribution in [2.24, 2.45) is 0 Å². The standard InChI is InChI=1S/C24H45NO15S2/c1-3-9(4-2)25(24(41)42)5-10(29)14(31)20(11(30)6-26)39-23-19(36)17(34)21(13(8-28)38-23)40-22-18(35)16(33)15(32)12(7-27)37-22/h9-23,26-36H,3-8H2,1-2H3,(H,41,42)/t10-,11+,12+,13+,14+,15+,16-,17+,18+,19+,20+,21+,22+,23+/m0/s1. The van der Waals surface area contributed by atoms with Crippen LogP contribution >= 0.6 is 24.8 Å². The van der Waals surface area contributed by atoms with Gasteiger partial charge in [0.25, 0.3) is 0 Å². The van der Waals surface area contributed by atoms with Crippen LogP contribution in [0.4, 0.5) is 0 Å². The normalized spacial score (nSPS) is 36.8. The van der Waals surface area contributed by atoms with Crippen molar-refractivity contribution in [3.8, 4) is 0 Å². The van der Waals surface area contributed by atoms with Gasteiger partial charge in [-0.3, -0.25) is 0 Å². The fourth-order valence-corrected chi connectivity index (χ4v) is 5.44. The third-order valence-corrected chi connectivity index (χ3v) is 8.05. The van der Waals surface area contributed by atoms with E-state index < -0.39 is 106 Å². The Morgan fingerprint density at radius 1 is 0.810 bits per heavy atom. The monoisotopic (exact) mass is 651 g/mol. The molecule has 0 unspecified atom stereocenters. The highest BCUT2D eigenvalue weighted by molar-refractivity contribution is 8.10. The fraction of sp³-hybridized carbons (Fsp3) is 0.958. The highest BCUT2D eigenvalue weighted by atomic mass is 32.1. The van der Waals surface area contributed by atoms with E-state index in [1.807, 2.05) is 13.8 Å². The van der Waals surface area contributed by atoms with E-state index >= 15 is 0 Å². The molecule has 0 amide bonds. The number of aliphatic hydroxyl groups is 11. The lowest BCUT2D eigenvalue weighted by Gasteiger charge is -2.46. The number of ether oxygens (including phenoxy) is 4. The van der Waals surface area contributed by atoms with Gasteiger partial charge in [0.15, 0.2) is 12.6 Å². The summed E-state index contributed by atoms with van der Waals surface area (Å²) in [6.07, 6.45) is -23.0. The first-order valence-corrected chi connectivity index (χ1v) is 14.5. The minimum absolute atomic E-state index is 0.122. The van der Waals surface area contributed by atoms with Gasteiger partial charge in [-0.15, -0.1) is 12.6 Å². The molecule has 2 fully saturated rings. The van der Waals surface area contributed by atoms with E-state index in [9.17, 15) is 56.2 Å². The summed E-state index contributed by atoms with van der Waals surface area (Å²) in [5.74, 6) is 0. The van der Waals surface area contributed by atoms with Gasteiger partial charge in [-0.2, -0.15) is 0 Å². The van der Waals surface area contributed by atoms with Gasteiger partial charge in [-0.25, -0.2) is 0 Å². The van der Waals surface area contributed by atoms with Crippen molar-refractivity contribution < 1.29 is 75.1 Å². The van der Waals surface area contributed by atoms with Crippen LogP contribution in [0.2, 0.25) is 0 Å². The van der Waals surface area contributed by atoms with Crippen molar-refractivity contribution in [2.75, 3.05) is 26.4 Å². The van der Waals surface area contributed by atoms with Gasteiger partial charge in [0.05, 0.1) is 19.8 Å². The van der Waals surface area contributed by atoms with Crippen LogP contribution in [-0.4, -0.2) is 184 Å². The molecule has 2 aliphatic rings. The summed E-state index contributed by atoms with van der Waals surface area (Å²) in [5.41, 5.74) is 0. The summed E-state index contributed by atoms with van der Waals surface area (Å²) in [7, 11) is 0. The molecular formula is C24H45NO15S2. The van der Waals surface area contributed by atoms with Crippen LogP contribution in [0.5, 0.6) is 0 Å². The van der Waals surface area contributed by atoms with Crippen LogP contribution in [0.1, 0.15) is 26.7 Å². The summed E-state index contributed by atoms with van der Waals surface area (Å²) in [6, 6.07) is -0.122. The highest BCUT2D eigenvalue weighted by Gasteiger charge is 2.52. The first kappa shape index (κ1) is 37.8. The quantitative estimate of drug-likeness (QED) is 0.0583. The van der Waals surface area contributed by atoms with Crippen LogP contribution in [0, 0.1) is 0 Å². The number of thiocarbonyl (C=S) groups is 1. The molecule has 16 nitrogen and oxygen atoms in total. The summed E-state index contributed by atoms with van der Waals surface area (Å²) in [5, 5.41) is 113. The van der Waals surface area contributed by atoms with Crippen molar-refractivity contribution in [3.63, 3.8) is 0 Å². The lowest BCUT2D eigenvalue weighted by Crippen LogP contribution is -2.65. The molecule has 42 heavy (non-hydrogen) atoms. The molecular weight excluding hydrogens is 606 g/mol. The number of nitrogens with zero attached hydrogens (tertiary/aromatic N) is 1. The summed E-state index contributed by atoms with van der Waals surface area (Å²) < 4.78 is 22.0. The zero-order chi connectivity index (χ0) is 31.9. The van der Waals surface area contributed by atoms with E-state index in [4.69, 9.17) is 31.2 Å². The number of aliphatic hydroxyl groups excluding tert-OH is 11. The number of hydrogen-bond donors (Lipinski definition) is 12. The Kier molecular flexibility index (Phi) is 15.6. The summed E-state index contributed by atoms with van der Waals surface area (Å²) in [6.45, 7) is 1.03. The Morgan fingerprint density at radius 3 is 1.86 bits per heavy atom. The maximum Gasteiger partial charge on any atom is 0.187 e. The van der Waals surface area contributed by atoms with E-state index in [1.165, 1.54) is 0 Å². The third kappa shape index (κ3) is 8.88. The smallest absolute Gasteiger partial charge is 0.187 e. The lowest BCUT2D eigenvalue weighted by molar-refractivity contribution is -0.367. The van der Waals surface area contributed by atoms with Crippen LogP contribution in [0.15, 0.2) is 0 Å². The van der Waals surface area contributed by atoms with E-state index in [0.29, 0.717) is 12.8 Å². The number of thiol groups is 1. The molecule has 2 heterocycles. The van der Waals surface area contributed by atoms with Crippen molar-refractivity contribution in [3.05, 3.63) is 0 Å². The molecule has 2 saturated heterocycles. The maximum atomic E-state index is 10.9. The van der Waals surface area contributed by atoms with Gasteiger partial charge in [-0.1, -0.05) is 26.1 Å². The minimum atomic E-state index is -1.98. The average Bonchev–Trinajstić information content (AvgIpc) is 2.98.